The number of aromatic nitrogens is 3. The Kier molecular flexibility index (Phi) is 4.12. The Labute approximate surface area is 139 Å². The number of nitrogens with two attached hydrogens (primary N) is 1. The van der Waals surface area contributed by atoms with Gasteiger partial charge in [0.1, 0.15) is 6.20 Å². The Bertz CT molecular complexity index is 1000. The smallest absolute Gasteiger partial charge is 0.238 e. The van der Waals surface area contributed by atoms with Gasteiger partial charge in [-0.2, -0.15) is 15.0 Å². The molecule has 0 unspecified atom stereocenters. The topological polar surface area (TPSA) is 115 Å². The molecule has 8 heteroatoms. The maximum Gasteiger partial charge on any atom is 0.238 e. The van der Waals surface area contributed by atoms with E-state index < -0.39 is 10.0 Å². The van der Waals surface area contributed by atoms with Crippen molar-refractivity contribution in [2.45, 2.75) is 11.3 Å². The highest BCUT2D eigenvalue weighted by atomic mass is 32.2. The molecule has 0 bridgehead atoms. The number of benzene rings is 1. The van der Waals surface area contributed by atoms with Crippen molar-refractivity contribution >= 4 is 10.0 Å². The number of hydrogen-bond acceptors (Lipinski definition) is 5. The van der Waals surface area contributed by atoms with Crippen LogP contribution in [0.4, 0.5) is 0 Å². The maximum absolute atomic E-state index is 11.3. The lowest BCUT2D eigenvalue weighted by Crippen LogP contribution is -2.11. The Hall–Kier alpha value is -3.02. The first kappa shape index (κ1) is 15.9. The van der Waals surface area contributed by atoms with Crippen LogP contribution in [0.3, 0.4) is 0 Å². The second-order valence-electron chi connectivity index (χ2n) is 5.05. The molecule has 1 aromatic carbocycles. The first-order chi connectivity index (χ1) is 11.5. The van der Waals surface area contributed by atoms with Crippen LogP contribution in [0.25, 0.3) is 11.3 Å². The van der Waals surface area contributed by atoms with Crippen molar-refractivity contribution < 1.29 is 8.42 Å². The van der Waals surface area contributed by atoms with Crippen LogP contribution in [0.2, 0.25) is 0 Å². The Morgan fingerprint density at radius 1 is 1.17 bits per heavy atom. The highest BCUT2D eigenvalue weighted by Gasteiger charge is 2.13. The van der Waals surface area contributed by atoms with Crippen LogP contribution in [0, 0.1) is 17.7 Å². The summed E-state index contributed by atoms with van der Waals surface area (Å²) in [7, 11) is -3.72. The van der Waals surface area contributed by atoms with Gasteiger partial charge in [-0.1, -0.05) is 12.1 Å². The molecule has 0 atom stereocenters. The molecule has 0 fully saturated rings. The molecule has 119 valence electrons. The van der Waals surface area contributed by atoms with Gasteiger partial charge in [0, 0.05) is 29.9 Å². The van der Waals surface area contributed by atoms with Gasteiger partial charge in [-0.3, -0.25) is 4.98 Å². The van der Waals surface area contributed by atoms with Crippen LogP contribution >= 0.6 is 0 Å². The van der Waals surface area contributed by atoms with E-state index in [9.17, 15) is 8.42 Å². The fraction of sp³-hybridized carbons (Fsp3) is 0.0625. The molecule has 0 amide bonds. The standard InChI is InChI=1S/C16H12N5O2S/c17-11-21-10-14(16(20-21)13-5-7-19-8-6-13)9-12-1-3-15(4-2-12)24(18,22)23/h1-8H,9H2,(H2,18,22,23). The summed E-state index contributed by atoms with van der Waals surface area (Å²) >= 11 is 0. The van der Waals surface area contributed by atoms with Crippen LogP contribution in [-0.4, -0.2) is 23.2 Å². The van der Waals surface area contributed by atoms with E-state index in [1.807, 2.05) is 6.19 Å². The molecular formula is C16H12N5O2S. The second-order valence-corrected chi connectivity index (χ2v) is 6.61. The molecule has 1 radical (unpaired) electrons. The van der Waals surface area contributed by atoms with Crippen molar-refractivity contribution in [1.82, 2.24) is 14.8 Å². The van der Waals surface area contributed by atoms with Crippen molar-refractivity contribution in [3.8, 4) is 17.5 Å². The summed E-state index contributed by atoms with van der Waals surface area (Å²) in [5, 5.41) is 18.3. The zero-order valence-corrected chi connectivity index (χ0v) is 13.2. The minimum absolute atomic E-state index is 0.0531. The van der Waals surface area contributed by atoms with Crippen LogP contribution in [0.15, 0.2) is 53.7 Å². The van der Waals surface area contributed by atoms with Gasteiger partial charge in [0.15, 0.2) is 0 Å². The minimum Gasteiger partial charge on any atom is -0.265 e. The normalized spacial score (nSPS) is 11.2. The molecule has 0 aliphatic heterocycles. The summed E-state index contributed by atoms with van der Waals surface area (Å²) in [6, 6.07) is 9.84. The zero-order chi connectivity index (χ0) is 17.2. The lowest BCUT2D eigenvalue weighted by Gasteiger charge is -2.04. The molecule has 0 saturated carbocycles. The molecular weight excluding hydrogens is 326 g/mol. The van der Waals surface area contributed by atoms with E-state index in [2.05, 4.69) is 16.3 Å². The van der Waals surface area contributed by atoms with Crippen molar-refractivity contribution in [3.05, 3.63) is 66.1 Å². The number of rotatable bonds is 4. The summed E-state index contributed by atoms with van der Waals surface area (Å²) in [5.74, 6) is 0. The summed E-state index contributed by atoms with van der Waals surface area (Å²) in [5.41, 5.74) is 3.04. The first-order valence-electron chi connectivity index (χ1n) is 6.91. The molecule has 0 aliphatic rings. The third-order valence-electron chi connectivity index (χ3n) is 3.41. The van der Waals surface area contributed by atoms with Gasteiger partial charge < -0.3 is 0 Å². The average molecular weight is 338 g/mol. The van der Waals surface area contributed by atoms with Crippen molar-refractivity contribution in [3.63, 3.8) is 0 Å². The van der Waals surface area contributed by atoms with Gasteiger partial charge in [-0.15, -0.1) is 0 Å². The number of hydrogen-bond donors (Lipinski definition) is 1. The molecule has 2 heterocycles. The summed E-state index contributed by atoms with van der Waals surface area (Å²) in [6.45, 7) is 0. The van der Waals surface area contributed by atoms with Crippen LogP contribution in [0.5, 0.6) is 0 Å². The third-order valence-corrected chi connectivity index (χ3v) is 4.34. The van der Waals surface area contributed by atoms with Gasteiger partial charge in [0.05, 0.1) is 10.6 Å². The van der Waals surface area contributed by atoms with Crippen molar-refractivity contribution in [2.75, 3.05) is 0 Å². The van der Waals surface area contributed by atoms with Gasteiger partial charge >= 0.3 is 0 Å². The fourth-order valence-electron chi connectivity index (χ4n) is 2.28. The Morgan fingerprint density at radius 3 is 2.42 bits per heavy atom. The lowest BCUT2D eigenvalue weighted by molar-refractivity contribution is 0.598. The highest BCUT2D eigenvalue weighted by Crippen LogP contribution is 2.23. The Balaban J connectivity index is 1.96. The van der Waals surface area contributed by atoms with Crippen LogP contribution in [-0.2, 0) is 16.4 Å². The summed E-state index contributed by atoms with van der Waals surface area (Å²) in [6.07, 6.45) is 8.55. The van der Waals surface area contributed by atoms with Gasteiger partial charge in [0.2, 0.25) is 16.2 Å². The molecule has 2 N–H and O–H groups in total. The Morgan fingerprint density at radius 2 is 1.83 bits per heavy atom. The second kappa shape index (κ2) is 6.23. The number of nitriles is 1. The number of primary sulfonamides is 1. The SMILES string of the molecule is N#Cn1[c]c(Cc2ccc(S(N)(=O)=O)cc2)c(-c2ccncc2)n1. The predicted molar refractivity (Wildman–Crippen MR) is 85.9 cm³/mol. The van der Waals surface area contributed by atoms with Crippen molar-refractivity contribution in [2.24, 2.45) is 5.14 Å². The molecule has 0 aliphatic carbocycles. The van der Waals surface area contributed by atoms with E-state index in [0.29, 0.717) is 12.1 Å². The maximum atomic E-state index is 11.3. The van der Waals surface area contributed by atoms with E-state index in [0.717, 1.165) is 21.4 Å². The van der Waals surface area contributed by atoms with Crippen LogP contribution < -0.4 is 5.14 Å². The fourth-order valence-corrected chi connectivity index (χ4v) is 2.80. The molecule has 2 aromatic heterocycles. The van der Waals surface area contributed by atoms with Gasteiger partial charge in [-0.25, -0.2) is 13.6 Å². The van der Waals surface area contributed by atoms with E-state index >= 15 is 0 Å². The lowest BCUT2D eigenvalue weighted by atomic mass is 10.0. The quantitative estimate of drug-likeness (QED) is 0.770. The van der Waals surface area contributed by atoms with E-state index in [1.54, 1.807) is 36.7 Å². The zero-order valence-electron chi connectivity index (χ0n) is 12.4. The van der Waals surface area contributed by atoms with E-state index in [-0.39, 0.29) is 4.90 Å². The molecule has 0 spiro atoms. The number of pyridine rings is 1. The molecule has 24 heavy (non-hydrogen) atoms. The third kappa shape index (κ3) is 3.32. The minimum atomic E-state index is -3.72. The van der Waals surface area contributed by atoms with Gasteiger partial charge in [0.25, 0.3) is 0 Å². The number of sulfonamides is 1. The highest BCUT2D eigenvalue weighted by molar-refractivity contribution is 7.89. The molecule has 3 rings (SSSR count). The predicted octanol–water partition coefficient (Wildman–Crippen LogP) is 1.31. The largest absolute Gasteiger partial charge is 0.265 e. The average Bonchev–Trinajstić information content (AvgIpc) is 2.98. The van der Waals surface area contributed by atoms with E-state index in [1.165, 1.54) is 12.1 Å². The molecule has 0 saturated heterocycles. The molecule has 7 nitrogen and oxygen atoms in total. The first-order valence-corrected chi connectivity index (χ1v) is 8.45. The summed E-state index contributed by atoms with van der Waals surface area (Å²) in [4.78, 5) is 4.02. The number of nitrogens with zero attached hydrogens (tertiary/aromatic N) is 4. The van der Waals surface area contributed by atoms with Crippen LogP contribution in [0.1, 0.15) is 11.1 Å². The van der Waals surface area contributed by atoms with Crippen molar-refractivity contribution in [1.29, 1.82) is 5.26 Å². The van der Waals surface area contributed by atoms with Gasteiger partial charge in [-0.05, 0) is 29.8 Å². The van der Waals surface area contributed by atoms with E-state index in [4.69, 9.17) is 10.4 Å². The summed E-state index contributed by atoms with van der Waals surface area (Å²) < 4.78 is 23.7. The monoisotopic (exact) mass is 338 g/mol. The molecule has 3 aromatic rings.